The molecule has 0 aliphatic heterocycles. The van der Waals surface area contributed by atoms with Crippen LogP contribution in [0.25, 0.3) is 0 Å². The summed E-state index contributed by atoms with van der Waals surface area (Å²) in [7, 11) is 0. The van der Waals surface area contributed by atoms with Gasteiger partial charge in [-0.25, -0.2) is 4.79 Å². The molecular formula is C15H11N3O6. The van der Waals surface area contributed by atoms with Crippen LogP contribution in [0.5, 0.6) is 0 Å². The normalized spacial score (nSPS) is 11.2. The number of carbonyl (C=O) groups excluding carboxylic acids is 2. The zero-order chi connectivity index (χ0) is 17.7. The maximum atomic E-state index is 12.0. The van der Waals surface area contributed by atoms with Gasteiger partial charge in [0.25, 0.3) is 5.91 Å². The van der Waals surface area contributed by atoms with E-state index in [-0.39, 0.29) is 5.76 Å². The van der Waals surface area contributed by atoms with Gasteiger partial charge in [0, 0.05) is 5.69 Å². The van der Waals surface area contributed by atoms with E-state index in [9.17, 15) is 19.7 Å². The molecule has 0 radical (unpaired) electrons. The second-order valence-electron chi connectivity index (χ2n) is 4.62. The van der Waals surface area contributed by atoms with Crippen molar-refractivity contribution in [2.75, 3.05) is 5.32 Å². The molecule has 0 bridgehead atoms. The Bertz CT molecular complexity index is 836. The van der Waals surface area contributed by atoms with Crippen molar-refractivity contribution in [3.8, 4) is 6.07 Å². The molecule has 1 aromatic heterocycles. The lowest BCUT2D eigenvalue weighted by Crippen LogP contribution is -2.29. The molecule has 0 saturated carbocycles. The SMILES string of the molecule is CC(OC(=O)c1ccc([N+](=O)[O-])o1)C(=O)Nc1cccc(C#N)c1. The van der Waals surface area contributed by atoms with Crippen LogP contribution in [-0.4, -0.2) is 22.9 Å². The van der Waals surface area contributed by atoms with Gasteiger partial charge in [0.2, 0.25) is 5.76 Å². The van der Waals surface area contributed by atoms with Gasteiger partial charge in [0.15, 0.2) is 6.10 Å². The summed E-state index contributed by atoms with van der Waals surface area (Å²) in [5.74, 6) is -2.61. The first-order valence-electron chi connectivity index (χ1n) is 6.67. The Labute approximate surface area is 135 Å². The van der Waals surface area contributed by atoms with Crippen molar-refractivity contribution in [3.63, 3.8) is 0 Å². The molecule has 1 unspecified atom stereocenters. The van der Waals surface area contributed by atoms with Crippen molar-refractivity contribution < 1.29 is 23.7 Å². The number of nitriles is 1. The quantitative estimate of drug-likeness (QED) is 0.504. The highest BCUT2D eigenvalue weighted by Gasteiger charge is 2.23. The molecule has 0 spiro atoms. The minimum Gasteiger partial charge on any atom is -0.447 e. The third-order valence-corrected chi connectivity index (χ3v) is 2.89. The van der Waals surface area contributed by atoms with Gasteiger partial charge in [-0.15, -0.1) is 0 Å². The zero-order valence-corrected chi connectivity index (χ0v) is 12.4. The van der Waals surface area contributed by atoms with Crippen LogP contribution in [-0.2, 0) is 9.53 Å². The van der Waals surface area contributed by atoms with Gasteiger partial charge in [0.1, 0.15) is 4.92 Å². The van der Waals surface area contributed by atoms with E-state index < -0.39 is 28.8 Å². The molecule has 0 fully saturated rings. The molecule has 122 valence electrons. The minimum absolute atomic E-state index is 0.361. The first-order chi connectivity index (χ1) is 11.4. The molecule has 24 heavy (non-hydrogen) atoms. The molecule has 1 atom stereocenters. The van der Waals surface area contributed by atoms with Crippen LogP contribution < -0.4 is 5.32 Å². The molecule has 1 N–H and O–H groups in total. The molecule has 9 heteroatoms. The van der Waals surface area contributed by atoms with E-state index >= 15 is 0 Å². The molecule has 0 aliphatic rings. The number of nitro groups is 1. The number of rotatable bonds is 5. The number of amides is 1. The lowest BCUT2D eigenvalue weighted by molar-refractivity contribution is -0.402. The lowest BCUT2D eigenvalue weighted by atomic mass is 10.2. The lowest BCUT2D eigenvalue weighted by Gasteiger charge is -2.12. The molecular weight excluding hydrogens is 318 g/mol. The third-order valence-electron chi connectivity index (χ3n) is 2.89. The maximum Gasteiger partial charge on any atom is 0.433 e. The highest BCUT2D eigenvalue weighted by Crippen LogP contribution is 2.17. The first kappa shape index (κ1) is 16.7. The number of ether oxygens (including phenoxy) is 1. The monoisotopic (exact) mass is 329 g/mol. The van der Waals surface area contributed by atoms with Gasteiger partial charge in [-0.05, 0) is 31.2 Å². The second kappa shape index (κ2) is 7.06. The Kier molecular flexibility index (Phi) is 4.91. The van der Waals surface area contributed by atoms with Crippen molar-refractivity contribution >= 4 is 23.4 Å². The molecule has 1 aromatic carbocycles. The third kappa shape index (κ3) is 3.95. The van der Waals surface area contributed by atoms with Gasteiger partial charge in [-0.3, -0.25) is 14.9 Å². The molecule has 2 aromatic rings. The van der Waals surface area contributed by atoms with Crippen LogP contribution in [0.15, 0.2) is 40.8 Å². The summed E-state index contributed by atoms with van der Waals surface area (Å²) in [6, 6.07) is 10.2. The first-order valence-corrected chi connectivity index (χ1v) is 6.67. The van der Waals surface area contributed by atoms with Crippen molar-refractivity contribution in [2.24, 2.45) is 0 Å². The number of hydrogen-bond acceptors (Lipinski definition) is 7. The van der Waals surface area contributed by atoms with E-state index in [4.69, 9.17) is 14.4 Å². The van der Waals surface area contributed by atoms with Gasteiger partial charge in [-0.1, -0.05) is 6.07 Å². The molecule has 0 saturated heterocycles. The van der Waals surface area contributed by atoms with Crippen LogP contribution >= 0.6 is 0 Å². The Balaban J connectivity index is 1.98. The van der Waals surface area contributed by atoms with Crippen molar-refractivity contribution in [3.05, 3.63) is 57.8 Å². The summed E-state index contributed by atoms with van der Waals surface area (Å²) in [4.78, 5) is 33.5. The summed E-state index contributed by atoms with van der Waals surface area (Å²) in [6.07, 6.45) is -1.17. The summed E-state index contributed by atoms with van der Waals surface area (Å²) in [6.45, 7) is 1.33. The fraction of sp³-hybridized carbons (Fsp3) is 0.133. The van der Waals surface area contributed by atoms with Gasteiger partial charge in [-0.2, -0.15) is 5.26 Å². The molecule has 1 amide bonds. The van der Waals surface area contributed by atoms with E-state index in [1.54, 1.807) is 18.2 Å². The zero-order valence-electron chi connectivity index (χ0n) is 12.4. The standard InChI is InChI=1S/C15H11N3O6/c1-9(14(19)17-11-4-2-3-10(7-11)8-16)23-15(20)12-5-6-13(24-12)18(21)22/h2-7,9H,1H3,(H,17,19). The second-order valence-corrected chi connectivity index (χ2v) is 4.62. The number of nitrogens with one attached hydrogen (secondary N) is 1. The predicted octanol–water partition coefficient (Wildman–Crippen LogP) is 2.24. The van der Waals surface area contributed by atoms with Crippen molar-refractivity contribution in [2.45, 2.75) is 13.0 Å². The Morgan fingerprint density at radius 2 is 2.12 bits per heavy atom. The summed E-state index contributed by atoms with van der Waals surface area (Å²) in [5, 5.41) is 21.8. The Morgan fingerprint density at radius 3 is 2.75 bits per heavy atom. The Hall–Kier alpha value is -3.67. The predicted molar refractivity (Wildman–Crippen MR) is 80.0 cm³/mol. The van der Waals surface area contributed by atoms with E-state index in [1.165, 1.54) is 13.0 Å². The van der Waals surface area contributed by atoms with E-state index in [0.717, 1.165) is 12.1 Å². The van der Waals surface area contributed by atoms with Crippen molar-refractivity contribution in [1.82, 2.24) is 0 Å². The van der Waals surface area contributed by atoms with Crippen LogP contribution in [0.4, 0.5) is 11.6 Å². The van der Waals surface area contributed by atoms with E-state index in [1.807, 2.05) is 6.07 Å². The van der Waals surface area contributed by atoms with Crippen LogP contribution in [0, 0.1) is 21.4 Å². The number of hydrogen-bond donors (Lipinski definition) is 1. The number of nitrogens with zero attached hydrogens (tertiary/aromatic N) is 2. The Morgan fingerprint density at radius 1 is 1.38 bits per heavy atom. The smallest absolute Gasteiger partial charge is 0.433 e. The number of furan rings is 1. The molecule has 2 rings (SSSR count). The highest BCUT2D eigenvalue weighted by molar-refractivity contribution is 5.96. The molecule has 0 aliphatic carbocycles. The topological polar surface area (TPSA) is 135 Å². The largest absolute Gasteiger partial charge is 0.447 e. The number of carbonyl (C=O) groups is 2. The number of anilines is 1. The fourth-order valence-electron chi connectivity index (χ4n) is 1.72. The summed E-state index contributed by atoms with van der Waals surface area (Å²) < 4.78 is 9.58. The number of esters is 1. The van der Waals surface area contributed by atoms with Gasteiger partial charge >= 0.3 is 11.9 Å². The molecule has 1 heterocycles. The van der Waals surface area contributed by atoms with Gasteiger partial charge in [0.05, 0.1) is 17.7 Å². The van der Waals surface area contributed by atoms with Crippen LogP contribution in [0.3, 0.4) is 0 Å². The van der Waals surface area contributed by atoms with Crippen LogP contribution in [0.2, 0.25) is 0 Å². The van der Waals surface area contributed by atoms with Crippen LogP contribution in [0.1, 0.15) is 23.0 Å². The molecule has 9 nitrogen and oxygen atoms in total. The number of benzene rings is 1. The summed E-state index contributed by atoms with van der Waals surface area (Å²) in [5.41, 5.74) is 0.732. The maximum absolute atomic E-state index is 12.0. The van der Waals surface area contributed by atoms with Gasteiger partial charge < -0.3 is 14.5 Å². The minimum atomic E-state index is -1.17. The summed E-state index contributed by atoms with van der Waals surface area (Å²) >= 11 is 0. The highest BCUT2D eigenvalue weighted by atomic mass is 16.7. The average Bonchev–Trinajstić information content (AvgIpc) is 3.05. The van der Waals surface area contributed by atoms with E-state index in [0.29, 0.717) is 11.3 Å². The fourth-order valence-corrected chi connectivity index (χ4v) is 1.72. The average molecular weight is 329 g/mol. The van der Waals surface area contributed by atoms with Crippen molar-refractivity contribution in [1.29, 1.82) is 5.26 Å². The van der Waals surface area contributed by atoms with E-state index in [2.05, 4.69) is 5.32 Å².